The van der Waals surface area contributed by atoms with Crippen LogP contribution in [-0.4, -0.2) is 26.9 Å². The molecule has 1 unspecified atom stereocenters. The summed E-state index contributed by atoms with van der Waals surface area (Å²) in [6, 6.07) is 6.50. The molecule has 1 aliphatic rings. The highest BCUT2D eigenvalue weighted by Crippen LogP contribution is 2.35. The Kier molecular flexibility index (Phi) is 3.70. The number of allylic oxidation sites excluding steroid dienone is 1. The van der Waals surface area contributed by atoms with E-state index in [1.54, 1.807) is 0 Å². The van der Waals surface area contributed by atoms with Crippen molar-refractivity contribution in [1.29, 1.82) is 5.41 Å². The minimum atomic E-state index is 0.595. The highest BCUT2D eigenvalue weighted by atomic mass is 15.1. The summed E-state index contributed by atoms with van der Waals surface area (Å²) in [7, 11) is 4.00. The highest BCUT2D eigenvalue weighted by Gasteiger charge is 2.20. The van der Waals surface area contributed by atoms with Crippen LogP contribution in [-0.2, 0) is 0 Å². The SMILES string of the molecule is CN/C=C(\C=N)c1ccc2c(c1)C(C)CCN2C. The summed E-state index contributed by atoms with van der Waals surface area (Å²) in [5.74, 6) is 0.595. The molecule has 0 fully saturated rings. The van der Waals surface area contributed by atoms with Crippen molar-refractivity contribution >= 4 is 17.5 Å². The van der Waals surface area contributed by atoms with E-state index in [2.05, 4.69) is 42.4 Å². The fourth-order valence-electron chi connectivity index (χ4n) is 2.50. The molecule has 96 valence electrons. The van der Waals surface area contributed by atoms with Gasteiger partial charge < -0.3 is 15.6 Å². The Morgan fingerprint density at radius 2 is 2.28 bits per heavy atom. The average Bonchev–Trinajstić information content (AvgIpc) is 2.40. The Hall–Kier alpha value is -1.77. The number of anilines is 1. The second-order valence-corrected chi connectivity index (χ2v) is 4.92. The molecule has 0 spiro atoms. The molecule has 0 aromatic heterocycles. The smallest absolute Gasteiger partial charge is 0.0399 e. The van der Waals surface area contributed by atoms with Gasteiger partial charge in [0.05, 0.1) is 0 Å². The van der Waals surface area contributed by atoms with Crippen molar-refractivity contribution < 1.29 is 0 Å². The lowest BCUT2D eigenvalue weighted by atomic mass is 9.89. The minimum Gasteiger partial charge on any atom is -0.393 e. The van der Waals surface area contributed by atoms with Crippen molar-refractivity contribution in [2.24, 2.45) is 0 Å². The predicted molar refractivity (Wildman–Crippen MR) is 78.6 cm³/mol. The molecule has 0 radical (unpaired) electrons. The maximum Gasteiger partial charge on any atom is 0.0399 e. The molecule has 1 aromatic carbocycles. The van der Waals surface area contributed by atoms with Gasteiger partial charge in [-0.05, 0) is 35.6 Å². The zero-order valence-electron chi connectivity index (χ0n) is 11.3. The lowest BCUT2D eigenvalue weighted by molar-refractivity contribution is 0.637. The first-order valence-electron chi connectivity index (χ1n) is 6.40. The van der Waals surface area contributed by atoms with E-state index in [9.17, 15) is 0 Å². The topological polar surface area (TPSA) is 39.1 Å². The van der Waals surface area contributed by atoms with Gasteiger partial charge in [-0.25, -0.2) is 0 Å². The van der Waals surface area contributed by atoms with E-state index < -0.39 is 0 Å². The molecule has 18 heavy (non-hydrogen) atoms. The Bertz CT molecular complexity index is 477. The number of nitrogens with zero attached hydrogens (tertiary/aromatic N) is 1. The van der Waals surface area contributed by atoms with Gasteiger partial charge in [0.25, 0.3) is 0 Å². The Labute approximate surface area is 109 Å². The van der Waals surface area contributed by atoms with Crippen LogP contribution in [0.2, 0.25) is 0 Å². The van der Waals surface area contributed by atoms with Gasteiger partial charge in [0.2, 0.25) is 0 Å². The summed E-state index contributed by atoms with van der Waals surface area (Å²) in [6.45, 7) is 3.40. The number of rotatable bonds is 3. The third kappa shape index (κ3) is 2.26. The van der Waals surface area contributed by atoms with Crippen LogP contribution < -0.4 is 10.2 Å². The monoisotopic (exact) mass is 243 g/mol. The summed E-state index contributed by atoms with van der Waals surface area (Å²) in [5, 5.41) is 10.5. The summed E-state index contributed by atoms with van der Waals surface area (Å²) < 4.78 is 0. The second kappa shape index (κ2) is 5.25. The molecule has 0 aliphatic carbocycles. The minimum absolute atomic E-state index is 0.595. The molecule has 3 heteroatoms. The van der Waals surface area contributed by atoms with Gasteiger partial charge >= 0.3 is 0 Å². The zero-order chi connectivity index (χ0) is 13.1. The van der Waals surface area contributed by atoms with Crippen LogP contribution in [0.15, 0.2) is 24.4 Å². The number of hydrogen-bond donors (Lipinski definition) is 2. The molecule has 1 atom stereocenters. The van der Waals surface area contributed by atoms with Gasteiger partial charge in [0.15, 0.2) is 0 Å². The quantitative estimate of drug-likeness (QED) is 0.801. The van der Waals surface area contributed by atoms with Crippen LogP contribution in [0.4, 0.5) is 5.69 Å². The molecule has 2 N–H and O–H groups in total. The van der Waals surface area contributed by atoms with E-state index in [1.165, 1.54) is 23.9 Å². The van der Waals surface area contributed by atoms with Gasteiger partial charge in [0, 0.05) is 44.3 Å². The normalized spacial score (nSPS) is 19.4. The molecular formula is C15H21N3. The van der Waals surface area contributed by atoms with E-state index in [0.29, 0.717) is 5.92 Å². The standard InChI is InChI=1S/C15H21N3/c1-11-6-7-18(3)15-5-4-12(8-14(11)15)13(9-16)10-17-2/h4-5,8-11,16-17H,6-7H2,1-3H3/b13-10+,16-9?. The lowest BCUT2D eigenvalue weighted by Gasteiger charge is -2.32. The second-order valence-electron chi connectivity index (χ2n) is 4.92. The lowest BCUT2D eigenvalue weighted by Crippen LogP contribution is -2.26. The fraction of sp³-hybridized carbons (Fsp3) is 0.400. The number of hydrogen-bond acceptors (Lipinski definition) is 3. The third-order valence-corrected chi connectivity index (χ3v) is 3.66. The predicted octanol–water partition coefficient (Wildman–Crippen LogP) is 2.84. The highest BCUT2D eigenvalue weighted by molar-refractivity contribution is 6.08. The van der Waals surface area contributed by atoms with Crippen molar-refractivity contribution in [3.8, 4) is 0 Å². The molecule has 2 rings (SSSR count). The number of fused-ring (bicyclic) bond motifs is 1. The van der Waals surface area contributed by atoms with Crippen LogP contribution in [0, 0.1) is 5.41 Å². The number of benzene rings is 1. The van der Waals surface area contributed by atoms with Gasteiger partial charge in [0.1, 0.15) is 0 Å². The summed E-state index contributed by atoms with van der Waals surface area (Å²) >= 11 is 0. The first-order valence-corrected chi connectivity index (χ1v) is 6.40. The molecule has 1 aliphatic heterocycles. The molecular weight excluding hydrogens is 222 g/mol. The Balaban J connectivity index is 2.45. The van der Waals surface area contributed by atoms with Crippen LogP contribution >= 0.6 is 0 Å². The zero-order valence-corrected chi connectivity index (χ0v) is 11.3. The van der Waals surface area contributed by atoms with E-state index >= 15 is 0 Å². The average molecular weight is 243 g/mol. The van der Waals surface area contributed by atoms with Crippen molar-refractivity contribution in [3.05, 3.63) is 35.5 Å². The van der Waals surface area contributed by atoms with Crippen LogP contribution in [0.3, 0.4) is 0 Å². The molecule has 1 aromatic rings. The largest absolute Gasteiger partial charge is 0.393 e. The van der Waals surface area contributed by atoms with Gasteiger partial charge in [-0.15, -0.1) is 0 Å². The van der Waals surface area contributed by atoms with Crippen molar-refractivity contribution in [2.75, 3.05) is 25.5 Å². The van der Waals surface area contributed by atoms with E-state index in [1.807, 2.05) is 13.2 Å². The van der Waals surface area contributed by atoms with E-state index in [0.717, 1.165) is 17.7 Å². The molecule has 0 bridgehead atoms. The van der Waals surface area contributed by atoms with E-state index in [-0.39, 0.29) is 0 Å². The molecule has 1 heterocycles. The first-order chi connectivity index (χ1) is 8.67. The summed E-state index contributed by atoms with van der Waals surface area (Å²) in [5.41, 5.74) is 4.75. The maximum absolute atomic E-state index is 7.49. The number of nitrogens with one attached hydrogen (secondary N) is 2. The summed E-state index contributed by atoms with van der Waals surface area (Å²) in [6.07, 6.45) is 4.46. The third-order valence-electron chi connectivity index (χ3n) is 3.66. The summed E-state index contributed by atoms with van der Waals surface area (Å²) in [4.78, 5) is 2.31. The van der Waals surface area contributed by atoms with Crippen molar-refractivity contribution in [2.45, 2.75) is 19.3 Å². The Morgan fingerprint density at radius 1 is 1.50 bits per heavy atom. The fourth-order valence-corrected chi connectivity index (χ4v) is 2.50. The van der Waals surface area contributed by atoms with Crippen molar-refractivity contribution in [3.63, 3.8) is 0 Å². The van der Waals surface area contributed by atoms with E-state index in [4.69, 9.17) is 5.41 Å². The molecule has 3 nitrogen and oxygen atoms in total. The van der Waals surface area contributed by atoms with Crippen LogP contribution in [0.5, 0.6) is 0 Å². The maximum atomic E-state index is 7.49. The van der Waals surface area contributed by atoms with Gasteiger partial charge in [-0.3, -0.25) is 0 Å². The molecule has 0 saturated heterocycles. The molecule has 0 amide bonds. The van der Waals surface area contributed by atoms with Gasteiger partial charge in [-0.1, -0.05) is 13.0 Å². The van der Waals surface area contributed by atoms with Crippen LogP contribution in [0.1, 0.15) is 30.4 Å². The van der Waals surface area contributed by atoms with Crippen molar-refractivity contribution in [1.82, 2.24) is 5.32 Å². The first kappa shape index (κ1) is 12.7. The Morgan fingerprint density at radius 3 is 2.94 bits per heavy atom. The molecule has 0 saturated carbocycles. The van der Waals surface area contributed by atoms with Crippen LogP contribution in [0.25, 0.3) is 5.57 Å². The van der Waals surface area contributed by atoms with Gasteiger partial charge in [-0.2, -0.15) is 0 Å².